The van der Waals surface area contributed by atoms with Gasteiger partial charge in [-0.25, -0.2) is 14.4 Å². The molecule has 4 aromatic carbocycles. The highest BCUT2D eigenvalue weighted by atomic mass is 16.6. The molecule has 0 aromatic heterocycles. The third-order valence-corrected chi connectivity index (χ3v) is 7.93. The van der Waals surface area contributed by atoms with Crippen LogP contribution in [0.3, 0.4) is 0 Å². The molecule has 4 aromatic rings. The Labute approximate surface area is 309 Å². The number of hydrogen-bond acceptors (Lipinski definition) is 9. The molecule has 2 atom stereocenters. The minimum atomic E-state index is -1.22. The summed E-state index contributed by atoms with van der Waals surface area (Å²) in [5, 5.41) is 7.95. The van der Waals surface area contributed by atoms with Gasteiger partial charge in [0.1, 0.15) is 38.5 Å². The maximum Gasteiger partial charge on any atom is 0.408 e. The molecule has 53 heavy (non-hydrogen) atoms. The molecule has 0 saturated heterocycles. The monoisotopic (exact) mass is 723 g/mol. The molecule has 0 aliphatic carbocycles. The van der Waals surface area contributed by atoms with Gasteiger partial charge in [-0.1, -0.05) is 121 Å². The smallest absolute Gasteiger partial charge is 0.408 e. The van der Waals surface area contributed by atoms with Crippen molar-refractivity contribution >= 4 is 30.0 Å². The van der Waals surface area contributed by atoms with Crippen LogP contribution < -0.4 is 16.0 Å². The van der Waals surface area contributed by atoms with Crippen molar-refractivity contribution < 1.29 is 42.9 Å². The van der Waals surface area contributed by atoms with Gasteiger partial charge in [-0.05, 0) is 47.9 Å². The van der Waals surface area contributed by atoms with E-state index in [2.05, 4.69) is 16.0 Å². The summed E-state index contributed by atoms with van der Waals surface area (Å²) in [5.41, 5.74) is 3.16. The van der Waals surface area contributed by atoms with Crippen LogP contribution >= 0.6 is 0 Å². The molecule has 4 rings (SSSR count). The van der Waals surface area contributed by atoms with Gasteiger partial charge in [0.25, 0.3) is 0 Å². The Balaban J connectivity index is 1.35. The fourth-order valence-corrected chi connectivity index (χ4v) is 5.04. The fraction of sp³-hybridized carbons (Fsp3) is 0.293. The Hall–Kier alpha value is -6.17. The zero-order chi connectivity index (χ0) is 37.5. The number of amides is 3. The van der Waals surface area contributed by atoms with E-state index in [9.17, 15) is 24.0 Å². The second-order valence-corrected chi connectivity index (χ2v) is 12.1. The molecule has 0 aliphatic heterocycles. The molecule has 0 saturated carbocycles. The van der Waals surface area contributed by atoms with Crippen LogP contribution in [0.1, 0.15) is 54.4 Å². The van der Waals surface area contributed by atoms with E-state index in [1.807, 2.05) is 97.1 Å². The third-order valence-electron chi connectivity index (χ3n) is 7.93. The van der Waals surface area contributed by atoms with E-state index in [-0.39, 0.29) is 52.2 Å². The Morgan fingerprint density at radius 3 is 1.43 bits per heavy atom. The molecular weight excluding hydrogens is 678 g/mol. The number of unbranched alkanes of at least 4 members (excludes halogenated alkanes) is 1. The zero-order valence-electron chi connectivity index (χ0n) is 29.4. The van der Waals surface area contributed by atoms with Crippen LogP contribution in [0, 0.1) is 0 Å². The Kier molecular flexibility index (Phi) is 16.9. The lowest BCUT2D eigenvalue weighted by Crippen LogP contribution is -2.52. The summed E-state index contributed by atoms with van der Waals surface area (Å²) < 4.78 is 21.5. The van der Waals surface area contributed by atoms with Crippen LogP contribution in [0.5, 0.6) is 0 Å². The van der Waals surface area contributed by atoms with E-state index in [1.165, 1.54) is 0 Å². The van der Waals surface area contributed by atoms with Crippen LogP contribution in [-0.4, -0.2) is 48.7 Å². The predicted octanol–water partition coefficient (Wildman–Crippen LogP) is 6.13. The topological polar surface area (TPSA) is 158 Å². The summed E-state index contributed by atoms with van der Waals surface area (Å²) in [6, 6.07) is 34.2. The first-order valence-electron chi connectivity index (χ1n) is 17.5. The first-order valence-corrected chi connectivity index (χ1v) is 17.5. The molecule has 12 nitrogen and oxygen atoms in total. The van der Waals surface area contributed by atoms with E-state index in [0.29, 0.717) is 12.8 Å². The van der Waals surface area contributed by atoms with E-state index in [0.717, 1.165) is 22.3 Å². The SMILES string of the molecule is O=C(CC[C@@H](NC(=O)[C@@H](CCCCNC(=O)OCc1ccccc1)NC(=O)OCc1ccccc1)C(=O)OCc1ccccc1)OCc1ccccc1. The van der Waals surface area contributed by atoms with Crippen LogP contribution in [-0.2, 0) is 59.8 Å². The summed E-state index contributed by atoms with van der Waals surface area (Å²) in [7, 11) is 0. The van der Waals surface area contributed by atoms with Gasteiger partial charge >= 0.3 is 24.1 Å². The van der Waals surface area contributed by atoms with Gasteiger partial charge in [0, 0.05) is 13.0 Å². The van der Waals surface area contributed by atoms with Gasteiger partial charge in [0.2, 0.25) is 5.91 Å². The first kappa shape index (κ1) is 39.6. The van der Waals surface area contributed by atoms with Gasteiger partial charge in [-0.15, -0.1) is 0 Å². The molecule has 3 amide bonds. The minimum Gasteiger partial charge on any atom is -0.461 e. The molecule has 0 fully saturated rings. The number of carbonyl (C=O) groups excluding carboxylic acids is 5. The lowest BCUT2D eigenvalue weighted by atomic mass is 10.1. The van der Waals surface area contributed by atoms with Gasteiger partial charge in [-0.3, -0.25) is 9.59 Å². The van der Waals surface area contributed by atoms with Crippen molar-refractivity contribution in [3.05, 3.63) is 144 Å². The second-order valence-electron chi connectivity index (χ2n) is 12.1. The minimum absolute atomic E-state index is 0.0183. The number of nitrogens with one attached hydrogen (secondary N) is 3. The lowest BCUT2D eigenvalue weighted by molar-refractivity contribution is -0.150. The second kappa shape index (κ2) is 22.6. The number of alkyl carbamates (subject to hydrolysis) is 2. The maximum absolute atomic E-state index is 13.7. The summed E-state index contributed by atoms with van der Waals surface area (Å²) >= 11 is 0. The largest absolute Gasteiger partial charge is 0.461 e. The molecule has 0 spiro atoms. The molecular formula is C41H45N3O9. The standard InChI is InChI=1S/C41H45N3O9/c45-37(50-27-31-15-5-1-6-16-31)25-24-36(39(47)51-28-32-17-7-2-8-18-32)43-38(46)35(44-41(49)53-30-34-21-11-4-12-22-34)23-13-14-26-42-40(48)52-29-33-19-9-3-10-20-33/h1-12,15-22,35-36H,13-14,23-30H2,(H,42,48)(H,43,46)(H,44,49)/t35-,36-/m1/s1. The zero-order valence-corrected chi connectivity index (χ0v) is 29.4. The summed E-state index contributed by atoms with van der Waals surface area (Å²) in [5.74, 6) is -1.98. The van der Waals surface area contributed by atoms with E-state index in [1.54, 1.807) is 24.3 Å². The van der Waals surface area contributed by atoms with Crippen LogP contribution in [0.2, 0.25) is 0 Å². The van der Waals surface area contributed by atoms with Crippen LogP contribution in [0.25, 0.3) is 0 Å². The van der Waals surface area contributed by atoms with Crippen molar-refractivity contribution in [1.82, 2.24) is 16.0 Å². The van der Waals surface area contributed by atoms with Gasteiger partial charge in [0.05, 0.1) is 0 Å². The molecule has 3 N–H and O–H groups in total. The highest BCUT2D eigenvalue weighted by molar-refractivity contribution is 5.90. The normalized spacial score (nSPS) is 11.6. The van der Waals surface area contributed by atoms with Crippen molar-refractivity contribution in [2.45, 2.75) is 70.6 Å². The average Bonchev–Trinajstić information content (AvgIpc) is 3.20. The Morgan fingerprint density at radius 2 is 0.925 bits per heavy atom. The average molecular weight is 724 g/mol. The fourth-order valence-electron chi connectivity index (χ4n) is 5.04. The first-order chi connectivity index (χ1) is 25.9. The molecule has 0 aliphatic rings. The van der Waals surface area contributed by atoms with Crippen molar-refractivity contribution in [2.75, 3.05) is 6.54 Å². The number of esters is 2. The molecule has 0 bridgehead atoms. The van der Waals surface area contributed by atoms with Gasteiger partial charge < -0.3 is 34.9 Å². The number of carbonyl (C=O) groups is 5. The maximum atomic E-state index is 13.7. The summed E-state index contributed by atoms with van der Waals surface area (Å²) in [6.07, 6.45) is -0.674. The summed E-state index contributed by atoms with van der Waals surface area (Å²) in [6.45, 7) is 0.393. The van der Waals surface area contributed by atoms with Crippen molar-refractivity contribution in [3.63, 3.8) is 0 Å². The van der Waals surface area contributed by atoms with Gasteiger partial charge in [-0.2, -0.15) is 0 Å². The molecule has 12 heteroatoms. The molecule has 0 unspecified atom stereocenters. The number of benzene rings is 4. The van der Waals surface area contributed by atoms with E-state index < -0.39 is 42.1 Å². The number of hydrogen-bond donors (Lipinski definition) is 3. The number of rotatable bonds is 20. The molecule has 278 valence electrons. The third kappa shape index (κ3) is 15.7. The van der Waals surface area contributed by atoms with Crippen LogP contribution in [0.4, 0.5) is 9.59 Å². The Bertz CT molecular complexity index is 1710. The van der Waals surface area contributed by atoms with Crippen LogP contribution in [0.15, 0.2) is 121 Å². The lowest BCUT2D eigenvalue weighted by Gasteiger charge is -2.22. The number of ether oxygens (including phenoxy) is 4. The van der Waals surface area contributed by atoms with E-state index in [4.69, 9.17) is 18.9 Å². The highest BCUT2D eigenvalue weighted by Gasteiger charge is 2.29. The predicted molar refractivity (Wildman–Crippen MR) is 196 cm³/mol. The van der Waals surface area contributed by atoms with Crippen molar-refractivity contribution in [1.29, 1.82) is 0 Å². The van der Waals surface area contributed by atoms with Crippen molar-refractivity contribution in [2.24, 2.45) is 0 Å². The Morgan fingerprint density at radius 1 is 0.472 bits per heavy atom. The highest BCUT2D eigenvalue weighted by Crippen LogP contribution is 2.11. The molecule has 0 radical (unpaired) electrons. The molecule has 0 heterocycles. The van der Waals surface area contributed by atoms with Gasteiger partial charge in [0.15, 0.2) is 0 Å². The summed E-state index contributed by atoms with van der Waals surface area (Å²) in [4.78, 5) is 64.6. The quantitative estimate of drug-likeness (QED) is 0.0554. The van der Waals surface area contributed by atoms with Crippen molar-refractivity contribution in [3.8, 4) is 0 Å². The van der Waals surface area contributed by atoms with E-state index >= 15 is 0 Å².